The van der Waals surface area contributed by atoms with Crippen LogP contribution in [0.1, 0.15) is 17.3 Å². The predicted octanol–water partition coefficient (Wildman–Crippen LogP) is 2.57. The van der Waals surface area contributed by atoms with Gasteiger partial charge in [-0.15, -0.1) is 0 Å². The fourth-order valence-corrected chi connectivity index (χ4v) is 4.44. The zero-order valence-corrected chi connectivity index (χ0v) is 19.6. The third-order valence-electron chi connectivity index (χ3n) is 4.61. The number of guanidine groups is 1. The van der Waals surface area contributed by atoms with Crippen molar-refractivity contribution in [3.8, 4) is 5.75 Å². The zero-order chi connectivity index (χ0) is 25.4. The van der Waals surface area contributed by atoms with Crippen molar-refractivity contribution in [1.82, 2.24) is 0 Å². The minimum Gasteiger partial charge on any atom is -0.465 e. The van der Waals surface area contributed by atoms with E-state index in [9.17, 15) is 18.0 Å². The van der Waals surface area contributed by atoms with Crippen LogP contribution in [-0.2, 0) is 19.6 Å². The Kier molecular flexibility index (Phi) is 8.05. The molecule has 0 saturated carbocycles. The van der Waals surface area contributed by atoms with E-state index in [0.29, 0.717) is 11.4 Å². The summed E-state index contributed by atoms with van der Waals surface area (Å²) >= 11 is 0. The standard InChI is InChI=1S/C24H24N4O6S/c1-2-33-22(29)16-28(19-6-4-3-5-7-19)35(31,32)21-14-8-17(9-15-21)23(30)34-20-12-10-18(11-13-20)27-24(25)26/h3-15H,2,16H2,1H3,(H4,25,26,27). The minimum atomic E-state index is -4.14. The number of hydrogen-bond donors (Lipinski definition) is 2. The number of nitrogens with zero attached hydrogens (tertiary/aromatic N) is 2. The molecular formula is C24H24N4O6S. The van der Waals surface area contributed by atoms with Crippen molar-refractivity contribution in [2.24, 2.45) is 16.5 Å². The van der Waals surface area contributed by atoms with E-state index in [-0.39, 0.29) is 28.8 Å². The SMILES string of the molecule is CCOC(=O)CN(c1ccccc1)S(=O)(=O)c1ccc(C(=O)Oc2ccc(N=C(N)N)cc2)cc1. The first-order chi connectivity index (χ1) is 16.7. The van der Waals surface area contributed by atoms with E-state index in [1.54, 1.807) is 49.4 Å². The second-order valence-electron chi connectivity index (χ2n) is 7.10. The fraction of sp³-hybridized carbons (Fsp3) is 0.125. The number of esters is 2. The van der Waals surface area contributed by atoms with Crippen molar-refractivity contribution in [3.63, 3.8) is 0 Å². The first kappa shape index (κ1) is 25.2. The van der Waals surface area contributed by atoms with E-state index in [1.807, 2.05) is 0 Å². The molecule has 0 radical (unpaired) electrons. The smallest absolute Gasteiger partial charge is 0.343 e. The second-order valence-corrected chi connectivity index (χ2v) is 8.96. The molecule has 0 bridgehead atoms. The van der Waals surface area contributed by atoms with Gasteiger partial charge >= 0.3 is 11.9 Å². The van der Waals surface area contributed by atoms with Crippen molar-refractivity contribution in [3.05, 3.63) is 84.4 Å². The maximum atomic E-state index is 13.3. The number of ether oxygens (including phenoxy) is 2. The number of benzene rings is 3. The largest absolute Gasteiger partial charge is 0.465 e. The number of anilines is 1. The Labute approximate surface area is 202 Å². The summed E-state index contributed by atoms with van der Waals surface area (Å²) in [4.78, 5) is 28.4. The highest BCUT2D eigenvalue weighted by atomic mass is 32.2. The molecule has 0 aliphatic carbocycles. The molecule has 35 heavy (non-hydrogen) atoms. The van der Waals surface area contributed by atoms with E-state index in [2.05, 4.69) is 4.99 Å². The molecule has 3 aromatic carbocycles. The van der Waals surface area contributed by atoms with Crippen molar-refractivity contribution >= 4 is 39.3 Å². The number of rotatable bonds is 9. The fourth-order valence-electron chi connectivity index (χ4n) is 3.03. The first-order valence-electron chi connectivity index (χ1n) is 10.5. The number of sulfonamides is 1. The van der Waals surface area contributed by atoms with Gasteiger partial charge in [0.15, 0.2) is 5.96 Å². The molecule has 3 aromatic rings. The van der Waals surface area contributed by atoms with Crippen LogP contribution in [0.3, 0.4) is 0 Å². The van der Waals surface area contributed by atoms with Crippen molar-refractivity contribution in [2.45, 2.75) is 11.8 Å². The molecule has 11 heteroatoms. The molecule has 0 aliphatic heterocycles. The minimum absolute atomic E-state index is 0.0992. The van der Waals surface area contributed by atoms with Gasteiger partial charge in [-0.3, -0.25) is 9.10 Å². The lowest BCUT2D eigenvalue weighted by molar-refractivity contribution is -0.141. The average molecular weight is 497 g/mol. The van der Waals surface area contributed by atoms with Gasteiger partial charge in [0.2, 0.25) is 0 Å². The maximum Gasteiger partial charge on any atom is 0.343 e. The zero-order valence-electron chi connectivity index (χ0n) is 18.8. The number of nitrogens with two attached hydrogens (primary N) is 2. The van der Waals surface area contributed by atoms with Crippen LogP contribution < -0.4 is 20.5 Å². The van der Waals surface area contributed by atoms with Gasteiger partial charge in [0.25, 0.3) is 10.0 Å². The Balaban J connectivity index is 1.80. The van der Waals surface area contributed by atoms with Crippen LogP contribution in [0.15, 0.2) is 88.8 Å². The topological polar surface area (TPSA) is 154 Å². The molecule has 0 unspecified atom stereocenters. The average Bonchev–Trinajstić information content (AvgIpc) is 2.84. The van der Waals surface area contributed by atoms with Gasteiger partial charge in [0.1, 0.15) is 12.3 Å². The van der Waals surface area contributed by atoms with Crippen LogP contribution in [-0.4, -0.2) is 39.5 Å². The molecule has 10 nitrogen and oxygen atoms in total. The van der Waals surface area contributed by atoms with Crippen molar-refractivity contribution in [2.75, 3.05) is 17.5 Å². The Morgan fingerprint density at radius 2 is 1.54 bits per heavy atom. The number of carbonyl (C=O) groups excluding carboxylic acids is 2. The van der Waals surface area contributed by atoms with Crippen LogP contribution >= 0.6 is 0 Å². The predicted molar refractivity (Wildman–Crippen MR) is 131 cm³/mol. The Bertz CT molecular complexity index is 1300. The van der Waals surface area contributed by atoms with Gasteiger partial charge < -0.3 is 20.9 Å². The van der Waals surface area contributed by atoms with Crippen molar-refractivity contribution < 1.29 is 27.5 Å². The molecule has 0 spiro atoms. The van der Waals surface area contributed by atoms with Gasteiger partial charge in [-0.25, -0.2) is 18.2 Å². The van der Waals surface area contributed by atoms with E-state index < -0.39 is 28.5 Å². The number of para-hydroxylation sites is 1. The monoisotopic (exact) mass is 496 g/mol. The Morgan fingerprint density at radius 1 is 0.914 bits per heavy atom. The molecule has 0 fully saturated rings. The summed E-state index contributed by atoms with van der Waals surface area (Å²) < 4.78 is 37.9. The van der Waals surface area contributed by atoms with Crippen LogP contribution in [0, 0.1) is 0 Å². The third kappa shape index (κ3) is 6.58. The van der Waals surface area contributed by atoms with Crippen molar-refractivity contribution in [1.29, 1.82) is 0 Å². The molecule has 0 saturated heterocycles. The lowest BCUT2D eigenvalue weighted by atomic mass is 10.2. The highest BCUT2D eigenvalue weighted by Gasteiger charge is 2.28. The van der Waals surface area contributed by atoms with E-state index in [1.165, 1.54) is 36.4 Å². The van der Waals surface area contributed by atoms with E-state index >= 15 is 0 Å². The molecule has 0 atom stereocenters. The summed E-state index contributed by atoms with van der Waals surface area (Å²) in [7, 11) is -4.14. The Morgan fingerprint density at radius 3 is 2.11 bits per heavy atom. The molecule has 0 amide bonds. The van der Waals surface area contributed by atoms with Gasteiger partial charge in [-0.1, -0.05) is 18.2 Å². The lowest BCUT2D eigenvalue weighted by Gasteiger charge is -2.23. The molecular weight excluding hydrogens is 472 g/mol. The van der Waals surface area contributed by atoms with Gasteiger partial charge in [-0.2, -0.15) is 0 Å². The van der Waals surface area contributed by atoms with Gasteiger partial charge in [-0.05, 0) is 67.6 Å². The summed E-state index contributed by atoms with van der Waals surface area (Å²) in [6.45, 7) is 1.25. The molecule has 3 rings (SSSR count). The van der Waals surface area contributed by atoms with E-state index in [0.717, 1.165) is 4.31 Å². The van der Waals surface area contributed by atoms with Gasteiger partial charge in [0, 0.05) is 0 Å². The lowest BCUT2D eigenvalue weighted by Crippen LogP contribution is -2.36. The van der Waals surface area contributed by atoms with E-state index in [4.69, 9.17) is 20.9 Å². The summed E-state index contributed by atoms with van der Waals surface area (Å²) in [5, 5.41) is 0. The third-order valence-corrected chi connectivity index (χ3v) is 6.39. The number of carbonyl (C=O) groups is 2. The van der Waals surface area contributed by atoms with Crippen LogP contribution in [0.4, 0.5) is 11.4 Å². The second kappa shape index (κ2) is 11.2. The summed E-state index contributed by atoms with van der Waals surface area (Å²) in [5.74, 6) is -1.22. The summed E-state index contributed by atoms with van der Waals surface area (Å²) in [6, 6.07) is 19.6. The van der Waals surface area contributed by atoms with Gasteiger partial charge in [0.05, 0.1) is 28.4 Å². The molecule has 4 N–H and O–H groups in total. The molecule has 0 heterocycles. The quantitative estimate of drug-likeness (QED) is 0.198. The normalized spacial score (nSPS) is 10.8. The number of aliphatic imine (C=N–C) groups is 1. The number of hydrogen-bond acceptors (Lipinski definition) is 7. The van der Waals surface area contributed by atoms with Crippen LogP contribution in [0.2, 0.25) is 0 Å². The van der Waals surface area contributed by atoms with Crippen LogP contribution in [0.25, 0.3) is 0 Å². The maximum absolute atomic E-state index is 13.3. The molecule has 0 aromatic heterocycles. The van der Waals surface area contributed by atoms with Crippen LogP contribution in [0.5, 0.6) is 5.75 Å². The molecule has 0 aliphatic rings. The summed E-state index contributed by atoms with van der Waals surface area (Å²) in [5.41, 5.74) is 11.6. The highest BCUT2D eigenvalue weighted by Crippen LogP contribution is 2.24. The first-order valence-corrected chi connectivity index (χ1v) is 11.9. The molecule has 182 valence electrons. The Hall–Kier alpha value is -4.38. The summed E-state index contributed by atoms with van der Waals surface area (Å²) in [6.07, 6.45) is 0. The highest BCUT2D eigenvalue weighted by molar-refractivity contribution is 7.92.